The van der Waals surface area contributed by atoms with Gasteiger partial charge in [0, 0.05) is 0 Å². The zero-order chi connectivity index (χ0) is 15.1. The summed E-state index contributed by atoms with van der Waals surface area (Å²) < 4.78 is 60.4. The van der Waals surface area contributed by atoms with Crippen molar-refractivity contribution in [1.29, 1.82) is 0 Å². The number of hydrogen-bond donors (Lipinski definition) is 1. The van der Waals surface area contributed by atoms with E-state index in [1.165, 1.54) is 0 Å². The monoisotopic (exact) mass is 322 g/mol. The molecule has 1 aliphatic heterocycles. The van der Waals surface area contributed by atoms with Crippen LogP contribution in [0.25, 0.3) is 0 Å². The van der Waals surface area contributed by atoms with Gasteiger partial charge in [-0.25, -0.2) is 26.0 Å². The average molecular weight is 322 g/mol. The maximum absolute atomic E-state index is 13.2. The number of benzene rings is 1. The molecule has 1 aromatic rings. The zero-order valence-electron chi connectivity index (χ0n) is 10.1. The van der Waals surface area contributed by atoms with Crippen LogP contribution in [0.2, 0.25) is 0 Å². The summed E-state index contributed by atoms with van der Waals surface area (Å²) in [7, 11) is -7.38. The van der Waals surface area contributed by atoms with Crippen LogP contribution in [0.15, 0.2) is 23.1 Å². The first-order valence-corrected chi connectivity index (χ1v) is 8.97. The first kappa shape index (κ1) is 14.9. The minimum Gasteiger partial charge on any atom is -0.478 e. The standard InChI is InChI=1S/C11H11FO6S2/c12-10-2-1-7(5-9(10)11(13)14)20(17,18)8-3-4-19(15,16)6-8/h1-2,5,8H,3-4,6H2,(H,13,14). The fourth-order valence-electron chi connectivity index (χ4n) is 2.04. The number of sulfone groups is 2. The van der Waals surface area contributed by atoms with Gasteiger partial charge in [0.2, 0.25) is 0 Å². The lowest BCUT2D eigenvalue weighted by atomic mass is 10.2. The van der Waals surface area contributed by atoms with Crippen LogP contribution in [0.4, 0.5) is 4.39 Å². The molecular formula is C11H11FO6S2. The fourth-order valence-corrected chi connectivity index (χ4v) is 6.43. The molecule has 0 aliphatic carbocycles. The first-order valence-electron chi connectivity index (χ1n) is 5.61. The second-order valence-electron chi connectivity index (χ2n) is 4.52. The highest BCUT2D eigenvalue weighted by atomic mass is 32.2. The van der Waals surface area contributed by atoms with Crippen LogP contribution >= 0.6 is 0 Å². The van der Waals surface area contributed by atoms with Crippen LogP contribution in [0.5, 0.6) is 0 Å². The third kappa shape index (κ3) is 2.68. The molecule has 1 unspecified atom stereocenters. The quantitative estimate of drug-likeness (QED) is 0.812. The van der Waals surface area contributed by atoms with Crippen LogP contribution in [-0.4, -0.2) is 44.7 Å². The lowest BCUT2D eigenvalue weighted by Gasteiger charge is -2.10. The van der Waals surface area contributed by atoms with E-state index >= 15 is 0 Å². The van der Waals surface area contributed by atoms with Crippen molar-refractivity contribution in [3.05, 3.63) is 29.6 Å². The molecule has 1 aliphatic rings. The van der Waals surface area contributed by atoms with Gasteiger partial charge < -0.3 is 5.11 Å². The predicted octanol–water partition coefficient (Wildman–Crippen LogP) is 0.485. The summed E-state index contributed by atoms with van der Waals surface area (Å²) in [6.07, 6.45) is -0.0373. The van der Waals surface area contributed by atoms with E-state index in [0.29, 0.717) is 0 Å². The second-order valence-corrected chi connectivity index (χ2v) is 8.97. The molecule has 2 rings (SSSR count). The Morgan fingerprint density at radius 1 is 1.35 bits per heavy atom. The fraction of sp³-hybridized carbons (Fsp3) is 0.364. The van der Waals surface area contributed by atoms with Crippen LogP contribution in [0.1, 0.15) is 16.8 Å². The molecule has 0 saturated carbocycles. The van der Waals surface area contributed by atoms with E-state index in [-0.39, 0.29) is 17.1 Å². The predicted molar refractivity (Wildman–Crippen MR) is 67.6 cm³/mol. The Kier molecular flexibility index (Phi) is 3.59. The molecule has 0 aromatic heterocycles. The number of carboxylic acids is 1. The van der Waals surface area contributed by atoms with Crippen molar-refractivity contribution in [1.82, 2.24) is 0 Å². The van der Waals surface area contributed by atoms with Crippen LogP contribution in [-0.2, 0) is 19.7 Å². The smallest absolute Gasteiger partial charge is 0.338 e. The summed E-state index contributed by atoms with van der Waals surface area (Å²) in [5.74, 6) is -3.34. The second kappa shape index (κ2) is 4.81. The average Bonchev–Trinajstić information content (AvgIpc) is 2.70. The Hall–Kier alpha value is -1.48. The summed E-state index contributed by atoms with van der Waals surface area (Å²) >= 11 is 0. The molecule has 0 spiro atoms. The van der Waals surface area contributed by atoms with Crippen molar-refractivity contribution in [2.45, 2.75) is 16.6 Å². The van der Waals surface area contributed by atoms with E-state index in [0.717, 1.165) is 18.2 Å². The van der Waals surface area contributed by atoms with Gasteiger partial charge in [0.1, 0.15) is 5.82 Å². The Balaban J connectivity index is 2.46. The Labute approximate surface area is 115 Å². The summed E-state index contributed by atoms with van der Waals surface area (Å²) in [6.45, 7) is 0. The third-order valence-electron chi connectivity index (χ3n) is 3.13. The molecule has 1 saturated heterocycles. The number of carboxylic acid groups (broad SMARTS) is 1. The molecule has 9 heteroatoms. The lowest BCUT2D eigenvalue weighted by molar-refractivity contribution is 0.0691. The maximum Gasteiger partial charge on any atom is 0.338 e. The Morgan fingerprint density at radius 3 is 2.50 bits per heavy atom. The summed E-state index contributed by atoms with van der Waals surface area (Å²) in [5.41, 5.74) is -0.757. The topological polar surface area (TPSA) is 106 Å². The van der Waals surface area contributed by atoms with E-state index < -0.39 is 48.0 Å². The van der Waals surface area contributed by atoms with E-state index in [2.05, 4.69) is 0 Å². The largest absolute Gasteiger partial charge is 0.478 e. The van der Waals surface area contributed by atoms with E-state index in [1.54, 1.807) is 0 Å². The number of carbonyl (C=O) groups is 1. The molecule has 1 N–H and O–H groups in total. The van der Waals surface area contributed by atoms with Crippen LogP contribution in [0, 0.1) is 5.82 Å². The summed E-state index contributed by atoms with van der Waals surface area (Å²) in [4.78, 5) is 10.4. The minimum absolute atomic E-state index is 0.0373. The van der Waals surface area contributed by atoms with Gasteiger partial charge >= 0.3 is 5.97 Å². The minimum atomic E-state index is -3.99. The lowest BCUT2D eigenvalue weighted by Crippen LogP contribution is -2.23. The SMILES string of the molecule is O=C(O)c1cc(S(=O)(=O)C2CCS(=O)(=O)C2)ccc1F. The zero-order valence-corrected chi connectivity index (χ0v) is 11.7. The highest BCUT2D eigenvalue weighted by Gasteiger charge is 2.38. The van der Waals surface area contributed by atoms with Gasteiger partial charge in [0.15, 0.2) is 19.7 Å². The van der Waals surface area contributed by atoms with E-state index in [4.69, 9.17) is 5.11 Å². The molecule has 0 radical (unpaired) electrons. The van der Waals surface area contributed by atoms with E-state index in [9.17, 15) is 26.0 Å². The highest BCUT2D eigenvalue weighted by Crippen LogP contribution is 2.26. The normalized spacial score (nSPS) is 21.8. The molecular weight excluding hydrogens is 311 g/mol. The molecule has 0 bridgehead atoms. The third-order valence-corrected chi connectivity index (χ3v) is 7.30. The molecule has 110 valence electrons. The summed E-state index contributed by atoms with van der Waals surface area (Å²) in [6, 6.07) is 2.42. The number of aromatic carboxylic acids is 1. The van der Waals surface area contributed by atoms with Gasteiger partial charge in [0.05, 0.1) is 27.2 Å². The van der Waals surface area contributed by atoms with Gasteiger partial charge in [-0.3, -0.25) is 0 Å². The number of halogens is 1. The van der Waals surface area contributed by atoms with Gasteiger partial charge in [-0.1, -0.05) is 0 Å². The van der Waals surface area contributed by atoms with Gasteiger partial charge in [-0.15, -0.1) is 0 Å². The Bertz CT molecular complexity index is 766. The number of rotatable bonds is 3. The van der Waals surface area contributed by atoms with E-state index in [1.807, 2.05) is 0 Å². The van der Waals surface area contributed by atoms with Crippen molar-refractivity contribution >= 4 is 25.6 Å². The van der Waals surface area contributed by atoms with Gasteiger partial charge in [0.25, 0.3) is 0 Å². The van der Waals surface area contributed by atoms with Crippen molar-refractivity contribution in [2.24, 2.45) is 0 Å². The highest BCUT2D eigenvalue weighted by molar-refractivity contribution is 7.96. The molecule has 0 amide bonds. The Morgan fingerprint density at radius 2 is 2.00 bits per heavy atom. The van der Waals surface area contributed by atoms with Crippen LogP contribution in [0.3, 0.4) is 0 Å². The summed E-state index contributed by atoms with van der Waals surface area (Å²) in [5, 5.41) is 7.66. The number of hydrogen-bond acceptors (Lipinski definition) is 5. The van der Waals surface area contributed by atoms with Crippen molar-refractivity contribution in [2.75, 3.05) is 11.5 Å². The van der Waals surface area contributed by atoms with Crippen molar-refractivity contribution in [3.63, 3.8) is 0 Å². The van der Waals surface area contributed by atoms with Gasteiger partial charge in [-0.05, 0) is 24.6 Å². The molecule has 20 heavy (non-hydrogen) atoms. The molecule has 6 nitrogen and oxygen atoms in total. The molecule has 1 aromatic carbocycles. The van der Waals surface area contributed by atoms with Crippen molar-refractivity contribution in [3.8, 4) is 0 Å². The van der Waals surface area contributed by atoms with Crippen LogP contribution < -0.4 is 0 Å². The molecule has 1 atom stereocenters. The first-order chi connectivity index (χ1) is 9.13. The van der Waals surface area contributed by atoms with Gasteiger partial charge in [-0.2, -0.15) is 0 Å². The molecule has 1 fully saturated rings. The maximum atomic E-state index is 13.2. The molecule has 1 heterocycles. The van der Waals surface area contributed by atoms with Crippen molar-refractivity contribution < 1.29 is 31.1 Å².